The predicted octanol–water partition coefficient (Wildman–Crippen LogP) is 3.29. The predicted molar refractivity (Wildman–Crippen MR) is 87.5 cm³/mol. The summed E-state index contributed by atoms with van der Waals surface area (Å²) in [5, 5.41) is 10.5. The number of halogens is 5. The summed E-state index contributed by atoms with van der Waals surface area (Å²) >= 11 is 6.16. The van der Waals surface area contributed by atoms with E-state index in [9.17, 15) is 18.0 Å². The van der Waals surface area contributed by atoms with Gasteiger partial charge in [-0.2, -0.15) is 23.4 Å². The molecule has 6 nitrogen and oxygen atoms in total. The van der Waals surface area contributed by atoms with Crippen molar-refractivity contribution in [1.29, 1.82) is 0 Å². The molecule has 0 atom stereocenters. The summed E-state index contributed by atoms with van der Waals surface area (Å²) in [6.07, 6.45) is -2.19. The lowest BCUT2D eigenvalue weighted by atomic mass is 10.3. The second-order valence-corrected chi connectivity index (χ2v) is 6.71. The lowest BCUT2D eigenvalue weighted by Gasteiger charge is -2.06. The van der Waals surface area contributed by atoms with E-state index in [1.54, 1.807) is 4.68 Å². The zero-order valence-electron chi connectivity index (χ0n) is 12.8. The van der Waals surface area contributed by atoms with Gasteiger partial charge in [-0.3, -0.25) is 14.2 Å². The zero-order chi connectivity index (χ0) is 18.1. The van der Waals surface area contributed by atoms with Gasteiger partial charge in [0, 0.05) is 26.3 Å². The molecule has 0 saturated heterocycles. The first kappa shape index (κ1) is 19.0. The summed E-state index contributed by atoms with van der Waals surface area (Å²) in [4.78, 5) is 12.0. The third-order valence-corrected chi connectivity index (χ3v) is 4.74. The average molecular weight is 473 g/mol. The van der Waals surface area contributed by atoms with E-state index >= 15 is 0 Å². The molecule has 0 radical (unpaired) electrons. The molecule has 0 spiro atoms. The van der Waals surface area contributed by atoms with Crippen molar-refractivity contribution >= 4 is 37.8 Å². The molecule has 11 heteroatoms. The van der Waals surface area contributed by atoms with Gasteiger partial charge < -0.3 is 5.32 Å². The van der Waals surface area contributed by atoms with Crippen molar-refractivity contribution in [2.75, 3.05) is 6.54 Å². The Balaban J connectivity index is 1.93. The minimum absolute atomic E-state index is 0.289. The zero-order valence-corrected chi connectivity index (χ0v) is 16.0. The van der Waals surface area contributed by atoms with Gasteiger partial charge in [-0.1, -0.05) is 0 Å². The van der Waals surface area contributed by atoms with E-state index in [4.69, 9.17) is 0 Å². The Morgan fingerprint density at radius 3 is 2.50 bits per heavy atom. The number of rotatable bonds is 5. The molecule has 0 aliphatic heterocycles. The van der Waals surface area contributed by atoms with Crippen LogP contribution in [-0.4, -0.2) is 32.0 Å². The summed E-state index contributed by atoms with van der Waals surface area (Å²) in [6, 6.07) is 0. The Morgan fingerprint density at radius 2 is 2.00 bits per heavy atom. The quantitative estimate of drug-likeness (QED) is 0.679. The van der Waals surface area contributed by atoms with E-state index in [2.05, 4.69) is 47.4 Å². The second-order valence-electron chi connectivity index (χ2n) is 5.07. The molecule has 24 heavy (non-hydrogen) atoms. The molecule has 0 bridgehead atoms. The van der Waals surface area contributed by atoms with Gasteiger partial charge >= 0.3 is 6.18 Å². The van der Waals surface area contributed by atoms with Gasteiger partial charge in [0.15, 0.2) is 11.4 Å². The van der Waals surface area contributed by atoms with Crippen LogP contribution < -0.4 is 5.32 Å². The number of hydrogen-bond acceptors (Lipinski definition) is 3. The van der Waals surface area contributed by atoms with Crippen LogP contribution in [0, 0.1) is 6.92 Å². The molecular formula is C13H14Br2F3N5O. The molecule has 0 fully saturated rings. The fraction of sp³-hybridized carbons (Fsp3) is 0.462. The van der Waals surface area contributed by atoms with E-state index in [-0.39, 0.29) is 10.2 Å². The number of nitrogens with zero attached hydrogens (tertiary/aromatic N) is 4. The molecule has 0 aliphatic carbocycles. The number of carbonyl (C=O) groups is 1. The normalized spacial score (nSPS) is 11.8. The van der Waals surface area contributed by atoms with Crippen LogP contribution in [0.2, 0.25) is 0 Å². The fourth-order valence-corrected chi connectivity index (χ4v) is 3.14. The smallest absolute Gasteiger partial charge is 0.351 e. The molecule has 2 aromatic heterocycles. The van der Waals surface area contributed by atoms with E-state index in [1.807, 2.05) is 13.1 Å². The number of hydrogen-bond donors (Lipinski definition) is 1. The highest BCUT2D eigenvalue weighted by Gasteiger charge is 2.39. The number of carbonyl (C=O) groups excluding carboxylic acids is 1. The lowest BCUT2D eigenvalue weighted by Crippen LogP contribution is -2.26. The highest BCUT2D eigenvalue weighted by molar-refractivity contribution is 9.10. The molecule has 1 N–H and O–H groups in total. The van der Waals surface area contributed by atoms with Crippen LogP contribution >= 0.6 is 31.9 Å². The molecule has 2 rings (SSSR count). The van der Waals surface area contributed by atoms with Gasteiger partial charge in [-0.25, -0.2) is 0 Å². The molecule has 132 valence electrons. The number of amides is 1. The van der Waals surface area contributed by atoms with Crippen LogP contribution in [0.1, 0.15) is 28.3 Å². The van der Waals surface area contributed by atoms with Gasteiger partial charge in [0.2, 0.25) is 0 Å². The molecule has 1 amide bonds. The van der Waals surface area contributed by atoms with Gasteiger partial charge in [0.1, 0.15) is 0 Å². The van der Waals surface area contributed by atoms with Crippen molar-refractivity contribution in [1.82, 2.24) is 24.9 Å². The fourth-order valence-electron chi connectivity index (χ4n) is 2.09. The molecular weight excluding hydrogens is 459 g/mol. The first-order chi connectivity index (χ1) is 11.1. The minimum atomic E-state index is -4.59. The maximum Gasteiger partial charge on any atom is 0.434 e. The van der Waals surface area contributed by atoms with Crippen LogP contribution in [0.4, 0.5) is 13.2 Å². The minimum Gasteiger partial charge on any atom is -0.351 e. The molecule has 2 heterocycles. The van der Waals surface area contributed by atoms with Crippen molar-refractivity contribution in [3.8, 4) is 0 Å². The van der Waals surface area contributed by atoms with E-state index < -0.39 is 17.8 Å². The Hall–Kier alpha value is -1.36. The third-order valence-electron chi connectivity index (χ3n) is 3.21. The van der Waals surface area contributed by atoms with Crippen LogP contribution in [0.25, 0.3) is 0 Å². The maximum absolute atomic E-state index is 12.9. The molecule has 0 aromatic carbocycles. The number of aromatic nitrogens is 4. The summed E-state index contributed by atoms with van der Waals surface area (Å²) in [5.74, 6) is -0.661. The van der Waals surface area contributed by atoms with Crippen LogP contribution in [0.15, 0.2) is 15.1 Å². The molecule has 0 saturated carbocycles. The summed E-state index contributed by atoms with van der Waals surface area (Å²) in [5.41, 5.74) is -0.428. The third kappa shape index (κ3) is 4.18. The van der Waals surface area contributed by atoms with Gasteiger partial charge in [0.05, 0.1) is 14.6 Å². The standard InChI is InChI=1S/C13H14Br2F3N5O/c1-7-8(14)6-23(20-7)5-3-4-19-12(24)10-9(15)11(13(16,17)18)22(2)21-10/h6H,3-5H2,1-2H3,(H,19,24). The van der Waals surface area contributed by atoms with Crippen molar-refractivity contribution in [2.24, 2.45) is 7.05 Å². The maximum atomic E-state index is 12.9. The van der Waals surface area contributed by atoms with E-state index in [0.29, 0.717) is 24.2 Å². The monoisotopic (exact) mass is 471 g/mol. The van der Waals surface area contributed by atoms with Crippen molar-refractivity contribution in [3.63, 3.8) is 0 Å². The molecule has 0 aliphatic rings. The summed E-state index contributed by atoms with van der Waals surface area (Å²) < 4.78 is 41.5. The van der Waals surface area contributed by atoms with Crippen LogP contribution in [0.3, 0.4) is 0 Å². The van der Waals surface area contributed by atoms with Crippen molar-refractivity contribution in [3.05, 3.63) is 32.2 Å². The highest BCUT2D eigenvalue weighted by Crippen LogP contribution is 2.36. The summed E-state index contributed by atoms with van der Waals surface area (Å²) in [7, 11) is 1.14. The topological polar surface area (TPSA) is 64.7 Å². The van der Waals surface area contributed by atoms with Crippen molar-refractivity contribution in [2.45, 2.75) is 26.1 Å². The van der Waals surface area contributed by atoms with E-state index in [1.165, 1.54) is 0 Å². The van der Waals surface area contributed by atoms with Crippen molar-refractivity contribution < 1.29 is 18.0 Å². The highest BCUT2D eigenvalue weighted by atomic mass is 79.9. The lowest BCUT2D eigenvalue weighted by molar-refractivity contribution is -0.144. The van der Waals surface area contributed by atoms with Gasteiger partial charge in [-0.15, -0.1) is 0 Å². The Kier molecular flexibility index (Phi) is 5.74. The number of alkyl halides is 3. The first-order valence-corrected chi connectivity index (χ1v) is 8.47. The second kappa shape index (κ2) is 7.26. The first-order valence-electron chi connectivity index (χ1n) is 6.88. The van der Waals surface area contributed by atoms with Crippen LogP contribution in [0.5, 0.6) is 0 Å². The Morgan fingerprint density at radius 1 is 1.33 bits per heavy atom. The van der Waals surface area contributed by atoms with E-state index in [0.717, 1.165) is 17.2 Å². The molecule has 2 aromatic rings. The largest absolute Gasteiger partial charge is 0.434 e. The average Bonchev–Trinajstić information content (AvgIpc) is 2.94. The Labute approximate surface area is 152 Å². The SMILES string of the molecule is Cc1nn(CCCNC(=O)c2nn(C)c(C(F)(F)F)c2Br)cc1Br. The Bertz CT molecular complexity index is 734. The van der Waals surface area contributed by atoms with Gasteiger partial charge in [-0.05, 0) is 45.2 Å². The van der Waals surface area contributed by atoms with Gasteiger partial charge in [0.25, 0.3) is 5.91 Å². The number of nitrogens with one attached hydrogen (secondary N) is 1. The summed E-state index contributed by atoms with van der Waals surface area (Å²) in [6.45, 7) is 2.73. The number of aryl methyl sites for hydroxylation is 3. The molecule has 0 unspecified atom stereocenters. The van der Waals surface area contributed by atoms with Crippen LogP contribution in [-0.2, 0) is 19.8 Å².